The zero-order chi connectivity index (χ0) is 12.1. The molecule has 1 N–H and O–H groups in total. The zero-order valence-electron chi connectivity index (χ0n) is 11.0. The molecule has 0 unspecified atom stereocenters. The van der Waals surface area contributed by atoms with Gasteiger partial charge in [-0.2, -0.15) is 0 Å². The molecule has 0 radical (unpaired) electrons. The van der Waals surface area contributed by atoms with Gasteiger partial charge in [-0.05, 0) is 19.4 Å². The molecule has 0 aromatic rings. The Bertz CT molecular complexity index is 131. The van der Waals surface area contributed by atoms with Crippen molar-refractivity contribution in [2.45, 2.75) is 20.8 Å². The zero-order valence-corrected chi connectivity index (χ0v) is 11.0. The van der Waals surface area contributed by atoms with E-state index in [0.29, 0.717) is 32.3 Å². The Labute approximate surface area is 99.6 Å². The molecule has 0 aromatic carbocycles. The van der Waals surface area contributed by atoms with Crippen molar-refractivity contribution < 1.29 is 14.2 Å². The van der Waals surface area contributed by atoms with Gasteiger partial charge in [0, 0.05) is 13.2 Å². The molecular formula is C12H27NO3. The maximum atomic E-state index is 5.39. The average Bonchev–Trinajstić information content (AvgIpc) is 2.25. The molecule has 0 saturated carbocycles. The summed E-state index contributed by atoms with van der Waals surface area (Å²) in [5, 5.41) is 3.32. The number of hydrogen-bond acceptors (Lipinski definition) is 4. The number of ether oxygens (including phenoxy) is 3. The molecule has 0 fully saturated rings. The molecule has 4 nitrogen and oxygen atoms in total. The van der Waals surface area contributed by atoms with E-state index in [1.54, 1.807) is 0 Å². The summed E-state index contributed by atoms with van der Waals surface area (Å²) in [4.78, 5) is 0. The molecule has 98 valence electrons. The summed E-state index contributed by atoms with van der Waals surface area (Å²) in [6.07, 6.45) is 0. The highest BCUT2D eigenvalue weighted by Crippen LogP contribution is 1.86. The first-order valence-electron chi connectivity index (χ1n) is 6.21. The van der Waals surface area contributed by atoms with Crippen molar-refractivity contribution in [1.29, 1.82) is 0 Å². The first-order chi connectivity index (χ1) is 7.77. The highest BCUT2D eigenvalue weighted by molar-refractivity contribution is 4.49. The Morgan fingerprint density at radius 3 is 2.00 bits per heavy atom. The largest absolute Gasteiger partial charge is 0.379 e. The second kappa shape index (κ2) is 12.9. The Morgan fingerprint density at radius 2 is 1.44 bits per heavy atom. The lowest BCUT2D eigenvalue weighted by molar-refractivity contribution is 0.0175. The lowest BCUT2D eigenvalue weighted by Crippen LogP contribution is -2.24. The van der Waals surface area contributed by atoms with Gasteiger partial charge in [-0.1, -0.05) is 13.8 Å². The van der Waals surface area contributed by atoms with Crippen LogP contribution in [0.4, 0.5) is 0 Å². The molecule has 0 amide bonds. The van der Waals surface area contributed by atoms with E-state index in [2.05, 4.69) is 19.2 Å². The monoisotopic (exact) mass is 233 g/mol. The standard InChI is InChI=1S/C12H27NO3/c1-4-14-7-8-16-10-9-15-6-5-13-11-12(2)3/h12-13H,4-11H2,1-3H3. The Hall–Kier alpha value is -0.160. The van der Waals surface area contributed by atoms with Crippen molar-refractivity contribution in [3.05, 3.63) is 0 Å². The highest BCUT2D eigenvalue weighted by atomic mass is 16.5. The summed E-state index contributed by atoms with van der Waals surface area (Å²) in [5.74, 6) is 0.696. The fraction of sp³-hybridized carbons (Fsp3) is 1.00. The van der Waals surface area contributed by atoms with Gasteiger partial charge in [0.25, 0.3) is 0 Å². The van der Waals surface area contributed by atoms with Gasteiger partial charge in [0.05, 0.1) is 33.0 Å². The molecule has 0 aliphatic carbocycles. The SMILES string of the molecule is CCOCCOCCOCCNCC(C)C. The second-order valence-corrected chi connectivity index (χ2v) is 4.02. The molecule has 0 aliphatic heterocycles. The molecule has 0 heterocycles. The molecule has 0 aromatic heterocycles. The van der Waals surface area contributed by atoms with Gasteiger partial charge in [0.15, 0.2) is 0 Å². The van der Waals surface area contributed by atoms with Gasteiger partial charge < -0.3 is 19.5 Å². The van der Waals surface area contributed by atoms with Crippen molar-refractivity contribution in [2.75, 3.05) is 52.7 Å². The van der Waals surface area contributed by atoms with E-state index in [4.69, 9.17) is 14.2 Å². The molecule has 16 heavy (non-hydrogen) atoms. The summed E-state index contributed by atoms with van der Waals surface area (Å²) in [6.45, 7) is 12.5. The van der Waals surface area contributed by atoms with E-state index in [1.807, 2.05) is 6.92 Å². The van der Waals surface area contributed by atoms with Crippen LogP contribution >= 0.6 is 0 Å². The van der Waals surface area contributed by atoms with E-state index < -0.39 is 0 Å². The third-order valence-electron chi connectivity index (χ3n) is 1.92. The van der Waals surface area contributed by atoms with Crippen LogP contribution in [0.5, 0.6) is 0 Å². The van der Waals surface area contributed by atoms with E-state index in [-0.39, 0.29) is 0 Å². The minimum Gasteiger partial charge on any atom is -0.379 e. The number of nitrogens with one attached hydrogen (secondary N) is 1. The fourth-order valence-electron chi connectivity index (χ4n) is 1.12. The molecule has 4 heteroatoms. The van der Waals surface area contributed by atoms with Crippen LogP contribution < -0.4 is 5.32 Å². The predicted molar refractivity (Wildman–Crippen MR) is 65.8 cm³/mol. The predicted octanol–water partition coefficient (Wildman–Crippen LogP) is 1.30. The summed E-state index contributed by atoms with van der Waals surface area (Å²) in [5.41, 5.74) is 0. The molecule has 0 saturated heterocycles. The van der Waals surface area contributed by atoms with Crippen LogP contribution in [0.1, 0.15) is 20.8 Å². The van der Waals surface area contributed by atoms with Crippen LogP contribution in [0.3, 0.4) is 0 Å². The lowest BCUT2D eigenvalue weighted by Gasteiger charge is -2.08. The third-order valence-corrected chi connectivity index (χ3v) is 1.92. The average molecular weight is 233 g/mol. The molecule has 0 aliphatic rings. The smallest absolute Gasteiger partial charge is 0.0701 e. The van der Waals surface area contributed by atoms with Gasteiger partial charge in [0.2, 0.25) is 0 Å². The Morgan fingerprint density at radius 1 is 0.875 bits per heavy atom. The molecule has 0 bridgehead atoms. The van der Waals surface area contributed by atoms with Crippen LogP contribution in [-0.4, -0.2) is 52.7 Å². The van der Waals surface area contributed by atoms with Crippen molar-refractivity contribution in [3.8, 4) is 0 Å². The number of rotatable bonds is 12. The van der Waals surface area contributed by atoms with Crippen LogP contribution in [0.2, 0.25) is 0 Å². The van der Waals surface area contributed by atoms with Crippen molar-refractivity contribution in [2.24, 2.45) is 5.92 Å². The van der Waals surface area contributed by atoms with Crippen LogP contribution in [-0.2, 0) is 14.2 Å². The normalized spacial score (nSPS) is 11.2. The Kier molecular flexibility index (Phi) is 12.8. The molecule has 0 rings (SSSR count). The van der Waals surface area contributed by atoms with Gasteiger partial charge >= 0.3 is 0 Å². The van der Waals surface area contributed by atoms with Crippen molar-refractivity contribution in [3.63, 3.8) is 0 Å². The summed E-state index contributed by atoms with van der Waals surface area (Å²) in [6, 6.07) is 0. The van der Waals surface area contributed by atoms with Crippen molar-refractivity contribution in [1.82, 2.24) is 5.32 Å². The minimum absolute atomic E-state index is 0.650. The van der Waals surface area contributed by atoms with Crippen LogP contribution in [0.15, 0.2) is 0 Å². The van der Waals surface area contributed by atoms with Crippen LogP contribution in [0, 0.1) is 5.92 Å². The second-order valence-electron chi connectivity index (χ2n) is 4.02. The molecule has 0 spiro atoms. The maximum absolute atomic E-state index is 5.39. The van der Waals surface area contributed by atoms with Gasteiger partial charge in [-0.3, -0.25) is 0 Å². The maximum Gasteiger partial charge on any atom is 0.0701 e. The third kappa shape index (κ3) is 13.8. The minimum atomic E-state index is 0.650. The first-order valence-corrected chi connectivity index (χ1v) is 6.21. The van der Waals surface area contributed by atoms with Gasteiger partial charge in [-0.15, -0.1) is 0 Å². The molecule has 0 atom stereocenters. The highest BCUT2D eigenvalue weighted by Gasteiger charge is 1.93. The molecular weight excluding hydrogens is 206 g/mol. The lowest BCUT2D eigenvalue weighted by atomic mass is 10.2. The summed E-state index contributed by atoms with van der Waals surface area (Å²) in [7, 11) is 0. The summed E-state index contributed by atoms with van der Waals surface area (Å²) < 4.78 is 15.8. The van der Waals surface area contributed by atoms with Gasteiger partial charge in [-0.25, -0.2) is 0 Å². The van der Waals surface area contributed by atoms with E-state index in [0.717, 1.165) is 26.3 Å². The van der Waals surface area contributed by atoms with Crippen LogP contribution in [0.25, 0.3) is 0 Å². The Balaban J connectivity index is 2.88. The van der Waals surface area contributed by atoms with E-state index in [9.17, 15) is 0 Å². The number of hydrogen-bond donors (Lipinski definition) is 1. The van der Waals surface area contributed by atoms with Gasteiger partial charge in [0.1, 0.15) is 0 Å². The summed E-state index contributed by atoms with van der Waals surface area (Å²) >= 11 is 0. The topological polar surface area (TPSA) is 39.7 Å². The quantitative estimate of drug-likeness (QED) is 0.516. The van der Waals surface area contributed by atoms with E-state index >= 15 is 0 Å². The first kappa shape index (κ1) is 15.8. The van der Waals surface area contributed by atoms with E-state index in [1.165, 1.54) is 0 Å². The van der Waals surface area contributed by atoms with Crippen molar-refractivity contribution >= 4 is 0 Å². The fourth-order valence-corrected chi connectivity index (χ4v) is 1.12.